The van der Waals surface area contributed by atoms with Gasteiger partial charge in [0.1, 0.15) is 0 Å². The van der Waals surface area contributed by atoms with E-state index in [9.17, 15) is 0 Å². The van der Waals surface area contributed by atoms with E-state index in [1.54, 1.807) is 0 Å². The summed E-state index contributed by atoms with van der Waals surface area (Å²) < 4.78 is 0. The molecule has 0 radical (unpaired) electrons. The van der Waals surface area contributed by atoms with E-state index < -0.39 is 0 Å². The zero-order valence-electron chi connectivity index (χ0n) is 6.85. The summed E-state index contributed by atoms with van der Waals surface area (Å²) >= 11 is 0. The molecule has 0 spiro atoms. The van der Waals surface area contributed by atoms with Gasteiger partial charge < -0.3 is 5.73 Å². The number of nitrogens with two attached hydrogens (primary N) is 1. The van der Waals surface area contributed by atoms with E-state index in [0.717, 1.165) is 6.54 Å². The lowest BCUT2D eigenvalue weighted by molar-refractivity contribution is 0.174. The third kappa shape index (κ3) is 1.72. The van der Waals surface area contributed by atoms with Gasteiger partial charge in [0.15, 0.2) is 0 Å². The molecule has 0 unspecified atom stereocenters. The predicted octanol–water partition coefficient (Wildman–Crippen LogP) is 1.55. The Bertz CT molecular complexity index is 141. The molecule has 0 aromatic heterocycles. The Morgan fingerprint density at radius 2 is 2.20 bits per heavy atom. The van der Waals surface area contributed by atoms with Crippen LogP contribution in [0, 0.1) is 5.41 Å². The van der Waals surface area contributed by atoms with Crippen LogP contribution in [-0.4, -0.2) is 12.4 Å². The largest absolute Gasteiger partial charge is 0.388 e. The van der Waals surface area contributed by atoms with E-state index in [1.807, 2.05) is 6.92 Å². The predicted molar refractivity (Wildman–Crippen MR) is 44.1 cm³/mol. The van der Waals surface area contributed by atoms with Crippen molar-refractivity contribution in [3.8, 4) is 0 Å². The number of aliphatic imine (C=N–C) groups is 1. The minimum Gasteiger partial charge on any atom is -0.388 e. The van der Waals surface area contributed by atoms with Crippen LogP contribution in [0.1, 0.15) is 33.1 Å². The fourth-order valence-electron chi connectivity index (χ4n) is 1.25. The summed E-state index contributed by atoms with van der Waals surface area (Å²) in [6.07, 6.45) is 4.02. The molecule has 1 rings (SSSR count). The molecular weight excluding hydrogens is 124 g/mol. The highest BCUT2D eigenvalue weighted by Gasteiger charge is 2.30. The van der Waals surface area contributed by atoms with Gasteiger partial charge in [0.05, 0.1) is 5.84 Å². The highest BCUT2D eigenvalue weighted by molar-refractivity contribution is 5.77. The summed E-state index contributed by atoms with van der Waals surface area (Å²) in [4.78, 5) is 4.21. The zero-order chi connectivity index (χ0) is 7.61. The monoisotopic (exact) mass is 140 g/mol. The molecule has 0 atom stereocenters. The Kier molecular flexibility index (Phi) is 1.97. The average Bonchev–Trinajstić information content (AvgIpc) is 1.79. The first kappa shape index (κ1) is 7.58. The Morgan fingerprint density at radius 3 is 2.50 bits per heavy atom. The maximum absolute atomic E-state index is 5.43. The summed E-state index contributed by atoms with van der Waals surface area (Å²) in [7, 11) is 0. The Hall–Kier alpha value is -0.530. The fraction of sp³-hybridized carbons (Fsp3) is 0.875. The second-order valence-corrected chi connectivity index (χ2v) is 3.62. The first-order valence-electron chi connectivity index (χ1n) is 3.89. The third-order valence-electron chi connectivity index (χ3n) is 2.27. The molecule has 10 heavy (non-hydrogen) atoms. The minimum atomic E-state index is 0.487. The molecule has 0 amide bonds. The molecular formula is C8H16N2. The lowest BCUT2D eigenvalue weighted by atomic mass is 9.70. The summed E-state index contributed by atoms with van der Waals surface area (Å²) in [5, 5.41) is 0. The normalized spacial score (nSPS) is 24.0. The van der Waals surface area contributed by atoms with Crippen LogP contribution in [-0.2, 0) is 0 Å². The van der Waals surface area contributed by atoms with Gasteiger partial charge in [-0.25, -0.2) is 0 Å². The van der Waals surface area contributed by atoms with Gasteiger partial charge in [-0.3, -0.25) is 4.99 Å². The van der Waals surface area contributed by atoms with E-state index in [-0.39, 0.29) is 0 Å². The maximum Gasteiger partial charge on any atom is 0.0905 e. The van der Waals surface area contributed by atoms with Gasteiger partial charge >= 0.3 is 0 Å². The summed E-state index contributed by atoms with van der Waals surface area (Å²) in [6.45, 7) is 5.06. The quantitative estimate of drug-likeness (QED) is 0.458. The van der Waals surface area contributed by atoms with Gasteiger partial charge in [0.25, 0.3) is 0 Å². The van der Waals surface area contributed by atoms with Crippen molar-refractivity contribution in [1.82, 2.24) is 0 Å². The molecule has 0 saturated heterocycles. The second-order valence-electron chi connectivity index (χ2n) is 3.62. The van der Waals surface area contributed by atoms with Crippen LogP contribution in [0.15, 0.2) is 4.99 Å². The van der Waals surface area contributed by atoms with Crippen LogP contribution >= 0.6 is 0 Å². The molecule has 2 nitrogen and oxygen atoms in total. The van der Waals surface area contributed by atoms with E-state index in [4.69, 9.17) is 5.73 Å². The summed E-state index contributed by atoms with van der Waals surface area (Å²) in [5.74, 6) is 0.716. The second kappa shape index (κ2) is 2.60. The van der Waals surface area contributed by atoms with Crippen molar-refractivity contribution in [1.29, 1.82) is 0 Å². The average molecular weight is 140 g/mol. The van der Waals surface area contributed by atoms with Crippen LogP contribution < -0.4 is 5.73 Å². The van der Waals surface area contributed by atoms with Gasteiger partial charge in [-0.05, 0) is 25.2 Å². The Morgan fingerprint density at radius 1 is 1.60 bits per heavy atom. The number of rotatable bonds is 2. The van der Waals surface area contributed by atoms with Crippen molar-refractivity contribution in [2.45, 2.75) is 33.1 Å². The molecule has 0 aromatic rings. The van der Waals surface area contributed by atoms with Crippen molar-refractivity contribution in [3.05, 3.63) is 0 Å². The Labute approximate surface area is 62.5 Å². The lowest BCUT2D eigenvalue weighted by Crippen LogP contribution is -2.29. The number of amidine groups is 1. The van der Waals surface area contributed by atoms with Crippen molar-refractivity contribution < 1.29 is 0 Å². The van der Waals surface area contributed by atoms with Crippen molar-refractivity contribution >= 4 is 5.84 Å². The molecule has 2 N–H and O–H groups in total. The van der Waals surface area contributed by atoms with Crippen LogP contribution in [0.4, 0.5) is 0 Å². The van der Waals surface area contributed by atoms with Crippen LogP contribution in [0.25, 0.3) is 0 Å². The molecule has 1 aliphatic carbocycles. The van der Waals surface area contributed by atoms with E-state index in [1.165, 1.54) is 19.3 Å². The summed E-state index contributed by atoms with van der Waals surface area (Å²) in [6, 6.07) is 0. The first-order chi connectivity index (χ1) is 4.62. The van der Waals surface area contributed by atoms with Crippen molar-refractivity contribution in [2.75, 3.05) is 6.54 Å². The molecule has 2 heteroatoms. The molecule has 1 saturated carbocycles. The molecule has 0 heterocycles. The molecule has 1 aliphatic rings. The molecule has 0 aliphatic heterocycles. The van der Waals surface area contributed by atoms with E-state index >= 15 is 0 Å². The highest BCUT2D eigenvalue weighted by Crippen LogP contribution is 2.40. The standard InChI is InChI=1S/C8H16N2/c1-7(9)10-6-8(2)4-3-5-8/h3-6H2,1-2H3,(H2,9,10). The highest BCUT2D eigenvalue weighted by atomic mass is 14.9. The SMILES string of the molecule is CC(N)=NCC1(C)CCC1. The van der Waals surface area contributed by atoms with Gasteiger partial charge in [-0.2, -0.15) is 0 Å². The smallest absolute Gasteiger partial charge is 0.0905 e. The zero-order valence-corrected chi connectivity index (χ0v) is 6.85. The van der Waals surface area contributed by atoms with E-state index in [2.05, 4.69) is 11.9 Å². The number of hydrogen-bond donors (Lipinski definition) is 1. The van der Waals surface area contributed by atoms with Crippen LogP contribution in [0.5, 0.6) is 0 Å². The molecule has 0 bridgehead atoms. The topological polar surface area (TPSA) is 38.4 Å². The molecule has 1 fully saturated rings. The lowest BCUT2D eigenvalue weighted by Gasteiger charge is -2.36. The third-order valence-corrected chi connectivity index (χ3v) is 2.27. The number of nitrogens with zero attached hydrogens (tertiary/aromatic N) is 1. The summed E-state index contributed by atoms with van der Waals surface area (Å²) in [5.41, 5.74) is 5.92. The van der Waals surface area contributed by atoms with Gasteiger partial charge in [0.2, 0.25) is 0 Å². The number of hydrogen-bond acceptors (Lipinski definition) is 1. The Balaban J connectivity index is 2.31. The van der Waals surface area contributed by atoms with Crippen LogP contribution in [0.2, 0.25) is 0 Å². The van der Waals surface area contributed by atoms with Crippen molar-refractivity contribution in [3.63, 3.8) is 0 Å². The van der Waals surface area contributed by atoms with Crippen molar-refractivity contribution in [2.24, 2.45) is 16.1 Å². The maximum atomic E-state index is 5.43. The molecule has 0 aromatic carbocycles. The van der Waals surface area contributed by atoms with Crippen LogP contribution in [0.3, 0.4) is 0 Å². The van der Waals surface area contributed by atoms with E-state index in [0.29, 0.717) is 11.3 Å². The van der Waals surface area contributed by atoms with Gasteiger partial charge in [-0.1, -0.05) is 13.3 Å². The minimum absolute atomic E-state index is 0.487. The van der Waals surface area contributed by atoms with Gasteiger partial charge in [-0.15, -0.1) is 0 Å². The fourth-order valence-corrected chi connectivity index (χ4v) is 1.25. The molecule has 58 valence electrons. The van der Waals surface area contributed by atoms with Gasteiger partial charge in [0, 0.05) is 6.54 Å². The first-order valence-corrected chi connectivity index (χ1v) is 3.89.